The fourth-order valence-corrected chi connectivity index (χ4v) is 4.57. The van der Waals surface area contributed by atoms with Gasteiger partial charge in [0.05, 0.1) is 30.8 Å². The number of likely N-dealkylation sites (N-methyl/N-ethyl adjacent to an activating group) is 1. The minimum atomic E-state index is -0.964. The minimum Gasteiger partial charge on any atom is -0.454 e. The molecule has 0 spiro atoms. The summed E-state index contributed by atoms with van der Waals surface area (Å²) in [5.41, 5.74) is -0.168. The van der Waals surface area contributed by atoms with E-state index in [1.807, 2.05) is 12.1 Å². The van der Waals surface area contributed by atoms with Crippen LogP contribution in [0.4, 0.5) is 0 Å². The number of aliphatic hydroxyl groups excluding tert-OH is 1. The molecule has 144 valence electrons. The predicted molar refractivity (Wildman–Crippen MR) is 93.7 cm³/mol. The van der Waals surface area contributed by atoms with E-state index in [2.05, 4.69) is 6.07 Å². The fraction of sp³-hybridized carbons (Fsp3) is 0.579. The van der Waals surface area contributed by atoms with E-state index in [1.165, 1.54) is 0 Å². The van der Waals surface area contributed by atoms with Crippen molar-refractivity contribution >= 4 is 5.91 Å². The van der Waals surface area contributed by atoms with Gasteiger partial charge in [0, 0.05) is 14.2 Å². The number of nitrogens with zero attached hydrogens (tertiary/aromatic N) is 3. The van der Waals surface area contributed by atoms with Gasteiger partial charge in [0.15, 0.2) is 11.5 Å². The van der Waals surface area contributed by atoms with Gasteiger partial charge in [0.1, 0.15) is 11.6 Å². The molecule has 1 unspecified atom stereocenters. The zero-order valence-electron chi connectivity index (χ0n) is 15.6. The number of rotatable bonds is 3. The summed E-state index contributed by atoms with van der Waals surface area (Å²) >= 11 is 0. The molecule has 1 aromatic rings. The van der Waals surface area contributed by atoms with Crippen LogP contribution in [0.1, 0.15) is 24.9 Å². The van der Waals surface area contributed by atoms with Crippen LogP contribution < -0.4 is 9.47 Å². The molecule has 3 aliphatic heterocycles. The highest BCUT2D eigenvalue weighted by Crippen LogP contribution is 2.54. The minimum absolute atomic E-state index is 0.0910. The zero-order chi connectivity index (χ0) is 19.3. The topological polar surface area (TPSA) is 95.3 Å². The number of nitriles is 1. The Morgan fingerprint density at radius 3 is 2.85 bits per heavy atom. The van der Waals surface area contributed by atoms with Gasteiger partial charge in [0.25, 0.3) is 0 Å². The second-order valence-corrected chi connectivity index (χ2v) is 7.49. The number of piperazine rings is 1. The molecule has 8 heteroatoms. The van der Waals surface area contributed by atoms with Crippen molar-refractivity contribution in [2.45, 2.75) is 37.7 Å². The predicted octanol–water partition coefficient (Wildman–Crippen LogP) is 0.866. The summed E-state index contributed by atoms with van der Waals surface area (Å²) in [6.45, 7) is 2.12. The van der Waals surface area contributed by atoms with Crippen LogP contribution in [-0.4, -0.2) is 66.7 Å². The molecule has 8 nitrogen and oxygen atoms in total. The Bertz CT molecular complexity index is 809. The fourth-order valence-electron chi connectivity index (χ4n) is 4.57. The van der Waals surface area contributed by atoms with Crippen molar-refractivity contribution in [2.24, 2.45) is 5.41 Å². The molecule has 0 saturated carbocycles. The number of carbonyl (C=O) groups excluding carboxylic acids is 1. The maximum atomic E-state index is 12.9. The van der Waals surface area contributed by atoms with E-state index < -0.39 is 23.7 Å². The molecule has 0 bridgehead atoms. The normalized spacial score (nSPS) is 35.2. The number of aliphatic hydroxyl groups is 1. The Hall–Kier alpha value is -2.34. The van der Waals surface area contributed by atoms with E-state index in [1.54, 1.807) is 36.9 Å². The van der Waals surface area contributed by atoms with Crippen molar-refractivity contribution in [3.8, 4) is 17.6 Å². The lowest BCUT2D eigenvalue weighted by Gasteiger charge is -2.46. The molecule has 27 heavy (non-hydrogen) atoms. The lowest BCUT2D eigenvalue weighted by Crippen LogP contribution is -2.63. The van der Waals surface area contributed by atoms with Gasteiger partial charge in [-0.3, -0.25) is 9.69 Å². The second-order valence-electron chi connectivity index (χ2n) is 7.49. The molecular formula is C19H23N3O5. The number of amides is 1. The summed E-state index contributed by atoms with van der Waals surface area (Å²) in [7, 11) is 3.23. The summed E-state index contributed by atoms with van der Waals surface area (Å²) in [4.78, 5) is 16.2. The first kappa shape index (κ1) is 18.0. The standard InChI is InChI=1S/C19H23N3O5/c1-11-17(23)22-13(18(24)21(11)2)7-19(8-20,9-25-3)16(22)12-4-5-14-15(6-12)27-10-26-14/h4-6,11,13,16-17,23H,7,9-10H2,1-3H3/t11-,13+,16+,17?,19-/m1/s1. The van der Waals surface area contributed by atoms with Crippen LogP contribution in [0.15, 0.2) is 18.2 Å². The molecule has 3 heterocycles. The van der Waals surface area contributed by atoms with Gasteiger partial charge in [-0.25, -0.2) is 0 Å². The lowest BCUT2D eigenvalue weighted by atomic mass is 9.78. The van der Waals surface area contributed by atoms with Crippen molar-refractivity contribution in [3.63, 3.8) is 0 Å². The Kier molecular flexibility index (Phi) is 4.26. The van der Waals surface area contributed by atoms with Crippen LogP contribution in [0, 0.1) is 16.7 Å². The smallest absolute Gasteiger partial charge is 0.240 e. The molecular weight excluding hydrogens is 350 g/mol. The summed E-state index contributed by atoms with van der Waals surface area (Å²) in [5.74, 6) is 1.15. The van der Waals surface area contributed by atoms with Crippen LogP contribution in [0.3, 0.4) is 0 Å². The van der Waals surface area contributed by atoms with Crippen molar-refractivity contribution in [3.05, 3.63) is 23.8 Å². The maximum Gasteiger partial charge on any atom is 0.240 e. The van der Waals surface area contributed by atoms with Gasteiger partial charge in [-0.2, -0.15) is 5.26 Å². The van der Waals surface area contributed by atoms with Gasteiger partial charge in [-0.1, -0.05) is 6.07 Å². The quantitative estimate of drug-likeness (QED) is 0.840. The molecule has 1 N–H and O–H groups in total. The molecule has 1 amide bonds. The van der Waals surface area contributed by atoms with Gasteiger partial charge >= 0.3 is 0 Å². The summed E-state index contributed by atoms with van der Waals surface area (Å²) in [6.07, 6.45) is -0.594. The van der Waals surface area contributed by atoms with E-state index in [4.69, 9.17) is 14.2 Å². The second kappa shape index (κ2) is 6.37. The van der Waals surface area contributed by atoms with Crippen LogP contribution >= 0.6 is 0 Å². The van der Waals surface area contributed by atoms with Gasteiger partial charge < -0.3 is 24.2 Å². The summed E-state index contributed by atoms with van der Waals surface area (Å²) in [6, 6.07) is 6.43. The largest absolute Gasteiger partial charge is 0.454 e. The molecule has 0 radical (unpaired) electrons. The molecule has 2 saturated heterocycles. The van der Waals surface area contributed by atoms with Crippen LogP contribution in [0.2, 0.25) is 0 Å². The van der Waals surface area contributed by atoms with E-state index in [-0.39, 0.29) is 25.3 Å². The number of hydrogen-bond donors (Lipinski definition) is 1. The van der Waals surface area contributed by atoms with Gasteiger partial charge in [-0.05, 0) is 31.0 Å². The monoisotopic (exact) mass is 373 g/mol. The Morgan fingerprint density at radius 1 is 1.41 bits per heavy atom. The molecule has 3 aliphatic rings. The number of benzene rings is 1. The Morgan fingerprint density at radius 2 is 2.15 bits per heavy atom. The van der Waals surface area contributed by atoms with Gasteiger partial charge in [-0.15, -0.1) is 0 Å². The van der Waals surface area contributed by atoms with E-state index in [9.17, 15) is 15.2 Å². The zero-order valence-corrected chi connectivity index (χ0v) is 15.6. The molecule has 1 aromatic carbocycles. The average molecular weight is 373 g/mol. The Labute approximate surface area is 157 Å². The molecule has 0 aliphatic carbocycles. The highest BCUT2D eigenvalue weighted by Gasteiger charge is 2.61. The first-order valence-electron chi connectivity index (χ1n) is 8.95. The number of hydrogen-bond acceptors (Lipinski definition) is 7. The SMILES string of the molecule is COC[C@]1(C#N)C[C@H]2C(=O)N(C)[C@H](C)C(O)N2[C@H]1c1ccc2c(c1)OCO2. The number of fused-ring (bicyclic) bond motifs is 2. The highest BCUT2D eigenvalue weighted by atomic mass is 16.7. The summed E-state index contributed by atoms with van der Waals surface area (Å²) < 4.78 is 16.3. The van der Waals surface area contributed by atoms with Crippen LogP contribution in [0.25, 0.3) is 0 Å². The van der Waals surface area contributed by atoms with Crippen molar-refractivity contribution in [2.75, 3.05) is 27.6 Å². The third-order valence-electron chi connectivity index (χ3n) is 6.06. The average Bonchev–Trinajstić information content (AvgIpc) is 3.27. The number of ether oxygens (including phenoxy) is 3. The third kappa shape index (κ3) is 2.50. The van der Waals surface area contributed by atoms with Gasteiger partial charge in [0.2, 0.25) is 12.7 Å². The summed E-state index contributed by atoms with van der Waals surface area (Å²) in [5, 5.41) is 21.1. The number of carbonyl (C=O) groups is 1. The highest BCUT2D eigenvalue weighted by molar-refractivity contribution is 5.84. The van der Waals surface area contributed by atoms with Crippen molar-refractivity contribution in [1.82, 2.24) is 9.80 Å². The Balaban J connectivity index is 1.84. The molecule has 4 rings (SSSR count). The van der Waals surface area contributed by atoms with Crippen molar-refractivity contribution < 1.29 is 24.1 Å². The lowest BCUT2D eigenvalue weighted by molar-refractivity contribution is -0.165. The molecule has 2 fully saturated rings. The third-order valence-corrected chi connectivity index (χ3v) is 6.06. The maximum absolute atomic E-state index is 12.9. The first-order chi connectivity index (χ1) is 12.9. The van der Waals surface area contributed by atoms with E-state index >= 15 is 0 Å². The van der Waals surface area contributed by atoms with E-state index in [0.29, 0.717) is 17.9 Å². The van der Waals surface area contributed by atoms with Crippen LogP contribution in [-0.2, 0) is 9.53 Å². The molecule has 5 atom stereocenters. The number of methoxy groups -OCH3 is 1. The van der Waals surface area contributed by atoms with Crippen molar-refractivity contribution in [1.29, 1.82) is 5.26 Å². The van der Waals surface area contributed by atoms with E-state index in [0.717, 1.165) is 5.56 Å². The molecule has 0 aromatic heterocycles. The first-order valence-corrected chi connectivity index (χ1v) is 8.95. The van der Waals surface area contributed by atoms with Crippen LogP contribution in [0.5, 0.6) is 11.5 Å².